The Labute approximate surface area is 341 Å². The summed E-state index contributed by atoms with van der Waals surface area (Å²) in [5.41, 5.74) is 2.82. The smallest absolute Gasteiger partial charge is 0.320 e. The average Bonchev–Trinajstić information content (AvgIpc) is 3.53. The molecule has 0 bridgehead atoms. The van der Waals surface area contributed by atoms with Crippen molar-refractivity contribution in [2.75, 3.05) is 74.0 Å². The lowest BCUT2D eigenvalue weighted by Gasteiger charge is -2.54. The second kappa shape index (κ2) is 14.9. The van der Waals surface area contributed by atoms with Gasteiger partial charge in [0, 0.05) is 107 Å². The molecule has 6 aliphatic rings. The highest BCUT2D eigenvalue weighted by Crippen LogP contribution is 2.41. The first-order chi connectivity index (χ1) is 28.3. The Bertz CT molecular complexity index is 2210. The van der Waals surface area contributed by atoms with Gasteiger partial charge in [0.15, 0.2) is 17.4 Å². The number of imide groups is 1. The van der Waals surface area contributed by atoms with Crippen LogP contribution in [-0.2, 0) is 16.1 Å². The predicted molar refractivity (Wildman–Crippen MR) is 215 cm³/mol. The van der Waals surface area contributed by atoms with Gasteiger partial charge in [-0.05, 0) is 75.8 Å². The molecule has 2 aromatic carbocycles. The number of hydrogen-bond acceptors (Lipinski definition) is 11. The van der Waals surface area contributed by atoms with Crippen LogP contribution in [0.15, 0.2) is 36.4 Å². The molecule has 59 heavy (non-hydrogen) atoms. The molecule has 15 nitrogen and oxygen atoms in total. The minimum absolute atomic E-state index is 0.0169. The molecule has 1 aromatic heterocycles. The average molecular weight is 813 g/mol. The molecule has 9 rings (SSSR count). The number of phenolic OH excluding ortho intramolecular Hbond substituents is 1. The van der Waals surface area contributed by atoms with E-state index in [4.69, 9.17) is 0 Å². The predicted octanol–water partition coefficient (Wildman–Crippen LogP) is 3.63. The third-order valence-corrected chi connectivity index (χ3v) is 13.3. The molecule has 312 valence electrons. The summed E-state index contributed by atoms with van der Waals surface area (Å²) in [5.74, 6) is -2.40. The summed E-state index contributed by atoms with van der Waals surface area (Å²) in [6, 6.07) is 8.79. The minimum atomic E-state index is -1.07. The number of piperazine rings is 2. The maximum Gasteiger partial charge on any atom is 0.320 e. The van der Waals surface area contributed by atoms with E-state index in [1.807, 2.05) is 21.9 Å². The Morgan fingerprint density at radius 1 is 0.949 bits per heavy atom. The maximum absolute atomic E-state index is 14.3. The fourth-order valence-corrected chi connectivity index (χ4v) is 10.3. The second-order valence-electron chi connectivity index (χ2n) is 17.4. The van der Waals surface area contributed by atoms with Gasteiger partial charge >= 0.3 is 6.03 Å². The van der Waals surface area contributed by atoms with E-state index >= 15 is 0 Å². The molecule has 0 saturated carbocycles. The summed E-state index contributed by atoms with van der Waals surface area (Å²) >= 11 is 0. The van der Waals surface area contributed by atoms with Crippen LogP contribution in [0.5, 0.6) is 5.75 Å². The van der Waals surface area contributed by atoms with E-state index in [0.29, 0.717) is 68.2 Å². The molecular formula is C42H50F2N10O5. The molecule has 0 unspecified atom stereocenters. The molecule has 3 aromatic rings. The van der Waals surface area contributed by atoms with E-state index < -0.39 is 34.9 Å². The summed E-state index contributed by atoms with van der Waals surface area (Å²) in [4.78, 5) is 64.4. The van der Waals surface area contributed by atoms with E-state index in [9.17, 15) is 33.1 Å². The summed E-state index contributed by atoms with van der Waals surface area (Å²) in [7, 11) is 0. The zero-order chi connectivity index (χ0) is 41.3. The van der Waals surface area contributed by atoms with Crippen LogP contribution in [0, 0.1) is 17.6 Å². The highest BCUT2D eigenvalue weighted by atomic mass is 19.1. The number of piperidine rings is 2. The molecule has 0 radical (unpaired) electrons. The Morgan fingerprint density at radius 2 is 1.71 bits per heavy atom. The minimum Gasteiger partial charge on any atom is -0.504 e. The van der Waals surface area contributed by atoms with Gasteiger partial charge in [-0.3, -0.25) is 24.6 Å². The molecule has 0 aliphatic carbocycles. The molecule has 4 atom stereocenters. The molecular weight excluding hydrogens is 763 g/mol. The Hall–Kier alpha value is -5.58. The van der Waals surface area contributed by atoms with Crippen LogP contribution in [0.25, 0.3) is 11.3 Å². The van der Waals surface area contributed by atoms with Crippen molar-refractivity contribution in [3.8, 4) is 17.0 Å². The first-order valence-corrected chi connectivity index (χ1v) is 20.7. The monoisotopic (exact) mass is 812 g/mol. The number of carbonyl (C=O) groups is 4. The Balaban J connectivity index is 0.785. The van der Waals surface area contributed by atoms with Crippen molar-refractivity contribution in [3.63, 3.8) is 0 Å². The van der Waals surface area contributed by atoms with Gasteiger partial charge in [-0.2, -0.15) is 0 Å². The third kappa shape index (κ3) is 7.06. The molecule has 3 N–H and O–H groups in total. The van der Waals surface area contributed by atoms with Crippen molar-refractivity contribution in [1.29, 1.82) is 0 Å². The Morgan fingerprint density at radius 3 is 2.46 bits per heavy atom. The van der Waals surface area contributed by atoms with Crippen LogP contribution in [-0.4, -0.2) is 141 Å². The normalized spacial score (nSPS) is 26.4. The number of nitrogens with one attached hydrogen (secondary N) is 2. The van der Waals surface area contributed by atoms with E-state index in [0.717, 1.165) is 62.9 Å². The van der Waals surface area contributed by atoms with Gasteiger partial charge < -0.3 is 34.9 Å². The van der Waals surface area contributed by atoms with Crippen LogP contribution < -0.4 is 20.4 Å². The molecule has 4 saturated heterocycles. The number of fused-ring (bicyclic) bond motifs is 4. The summed E-state index contributed by atoms with van der Waals surface area (Å²) in [6.07, 6.45) is 2.61. The number of rotatable bonds is 5. The fraction of sp³-hybridized carbons (Fsp3) is 0.524. The van der Waals surface area contributed by atoms with Crippen LogP contribution >= 0.6 is 0 Å². The van der Waals surface area contributed by atoms with Gasteiger partial charge in [0.2, 0.25) is 11.8 Å². The number of hydrogen-bond donors (Lipinski definition) is 3. The molecule has 5 amide bonds. The number of carbonyl (C=O) groups excluding carboxylic acids is 4. The molecule has 6 aliphatic heterocycles. The zero-order valence-electron chi connectivity index (χ0n) is 33.6. The number of urea groups is 1. The van der Waals surface area contributed by atoms with Crippen molar-refractivity contribution < 1.29 is 33.1 Å². The standard InChI is InChI=1S/C42H50F2N10O5/c1-24-18-49(20-26-8-10-50(11-9-26)29-5-4-27-21-52(40(58)30(27)16-29)34-6-7-36(55)46-39(34)57)19-25(2)54(24)41(59)51-12-13-53-35-17-33(31-14-28(43)15-32(44)37(31)56)47-48-38(35)45-22-42(53,3)23-51/h4-5,14-17,24-26,34,56H,6-13,18-23H2,1-3H3,(H,45,48)(H,46,55,57)/t24-,25+,34-,42+/m0/s1. The van der Waals surface area contributed by atoms with Gasteiger partial charge in [0.1, 0.15) is 11.9 Å². The highest BCUT2D eigenvalue weighted by Gasteiger charge is 2.46. The lowest BCUT2D eigenvalue weighted by Crippen LogP contribution is -2.69. The van der Waals surface area contributed by atoms with Crippen molar-refractivity contribution in [1.82, 2.24) is 35.1 Å². The largest absolute Gasteiger partial charge is 0.504 e. The van der Waals surface area contributed by atoms with E-state index in [1.54, 1.807) is 11.0 Å². The Kier molecular flexibility index (Phi) is 9.83. The SMILES string of the molecule is C[C@@H]1CN(CC2CCN(c3ccc4c(c3)C(=O)N([C@H]3CCC(=O)NC3=O)C4)CC2)C[C@H](C)N1C(=O)N1CCN2c3cc(-c4cc(F)cc(F)c4O)nnc3NC[C@]2(C)C1. The zero-order valence-corrected chi connectivity index (χ0v) is 33.6. The number of nitrogens with zero attached hydrogens (tertiary/aromatic N) is 8. The van der Waals surface area contributed by atoms with Crippen LogP contribution in [0.4, 0.5) is 30.8 Å². The first-order valence-electron chi connectivity index (χ1n) is 20.7. The quantitative estimate of drug-likeness (QED) is 0.324. The second-order valence-corrected chi connectivity index (χ2v) is 17.4. The highest BCUT2D eigenvalue weighted by molar-refractivity contribution is 6.05. The fourth-order valence-electron chi connectivity index (χ4n) is 10.3. The maximum atomic E-state index is 14.3. The molecule has 4 fully saturated rings. The first kappa shape index (κ1) is 38.9. The number of aromatic nitrogens is 2. The van der Waals surface area contributed by atoms with Gasteiger partial charge in [-0.1, -0.05) is 6.07 Å². The number of benzene rings is 2. The molecule has 0 spiro atoms. The van der Waals surface area contributed by atoms with Crippen molar-refractivity contribution in [2.45, 2.75) is 76.7 Å². The molecule has 7 heterocycles. The number of amides is 5. The number of phenols is 1. The van der Waals surface area contributed by atoms with E-state index in [2.05, 4.69) is 62.4 Å². The van der Waals surface area contributed by atoms with Gasteiger partial charge in [0.25, 0.3) is 5.91 Å². The van der Waals surface area contributed by atoms with Crippen LogP contribution in [0.2, 0.25) is 0 Å². The number of halogens is 2. The van der Waals surface area contributed by atoms with Gasteiger partial charge in [0.05, 0.1) is 16.9 Å². The third-order valence-electron chi connectivity index (χ3n) is 13.3. The van der Waals surface area contributed by atoms with Gasteiger partial charge in [-0.25, -0.2) is 13.6 Å². The lowest BCUT2D eigenvalue weighted by molar-refractivity contribution is -0.136. The summed E-state index contributed by atoms with van der Waals surface area (Å²) in [5, 5.41) is 24.5. The van der Waals surface area contributed by atoms with Crippen molar-refractivity contribution >= 4 is 40.9 Å². The topological polar surface area (TPSA) is 158 Å². The number of anilines is 3. The summed E-state index contributed by atoms with van der Waals surface area (Å²) < 4.78 is 28.3. The van der Waals surface area contributed by atoms with Crippen molar-refractivity contribution in [2.24, 2.45) is 5.92 Å². The van der Waals surface area contributed by atoms with E-state index in [1.165, 1.54) is 0 Å². The van der Waals surface area contributed by atoms with E-state index in [-0.39, 0.29) is 47.6 Å². The van der Waals surface area contributed by atoms with Crippen LogP contribution in [0.3, 0.4) is 0 Å². The van der Waals surface area contributed by atoms with Crippen LogP contribution in [0.1, 0.15) is 62.4 Å². The lowest BCUT2D eigenvalue weighted by atomic mass is 9.92. The van der Waals surface area contributed by atoms with Crippen molar-refractivity contribution in [3.05, 3.63) is 59.2 Å². The summed E-state index contributed by atoms with van der Waals surface area (Å²) in [6.45, 7) is 13.0. The molecule has 17 heteroatoms. The van der Waals surface area contributed by atoms with Gasteiger partial charge in [-0.15, -0.1) is 10.2 Å². The number of aromatic hydroxyl groups is 1.